The number of para-hydroxylation sites is 1. The van der Waals surface area contributed by atoms with E-state index in [-0.39, 0.29) is 5.75 Å². The van der Waals surface area contributed by atoms with Crippen molar-refractivity contribution in [3.8, 4) is 5.75 Å². The van der Waals surface area contributed by atoms with Gasteiger partial charge >= 0.3 is 0 Å². The summed E-state index contributed by atoms with van der Waals surface area (Å²) in [5, 5.41) is 9.44. The molecule has 0 amide bonds. The zero-order valence-electron chi connectivity index (χ0n) is 8.42. The van der Waals surface area contributed by atoms with Gasteiger partial charge in [-0.3, -0.25) is 9.79 Å². The van der Waals surface area contributed by atoms with Crippen molar-refractivity contribution in [2.24, 2.45) is 4.99 Å². The molecule has 2 aromatic rings. The maximum atomic E-state index is 11.1. The third kappa shape index (κ3) is 2.17. The molecule has 1 aromatic heterocycles. The van der Waals surface area contributed by atoms with Crippen LogP contribution in [0.2, 0.25) is 0 Å². The molecule has 2 N–H and O–H groups in total. The van der Waals surface area contributed by atoms with Crippen LogP contribution in [0.5, 0.6) is 5.75 Å². The topological polar surface area (TPSA) is 65.5 Å². The van der Waals surface area contributed by atoms with Crippen LogP contribution in [-0.4, -0.2) is 16.3 Å². The van der Waals surface area contributed by atoms with E-state index in [1.807, 2.05) is 30.3 Å². The van der Waals surface area contributed by atoms with Crippen molar-refractivity contribution >= 4 is 11.9 Å². The molecule has 0 spiro atoms. The lowest BCUT2D eigenvalue weighted by Crippen LogP contribution is -2.05. The molecule has 16 heavy (non-hydrogen) atoms. The van der Waals surface area contributed by atoms with E-state index in [1.165, 1.54) is 12.4 Å². The number of aromatic hydroxyl groups is 1. The monoisotopic (exact) mass is 214 g/mol. The van der Waals surface area contributed by atoms with E-state index in [9.17, 15) is 9.90 Å². The SMILES string of the molecule is O=c1[nH]ccc(C=Nc2ccccc2)c1O. The summed E-state index contributed by atoms with van der Waals surface area (Å²) in [6, 6.07) is 10.9. The quantitative estimate of drug-likeness (QED) is 0.749. The van der Waals surface area contributed by atoms with E-state index in [4.69, 9.17) is 0 Å². The van der Waals surface area contributed by atoms with Gasteiger partial charge in [0.2, 0.25) is 0 Å². The van der Waals surface area contributed by atoms with Crippen LogP contribution >= 0.6 is 0 Å². The van der Waals surface area contributed by atoms with E-state index >= 15 is 0 Å². The Morgan fingerprint density at radius 3 is 2.69 bits per heavy atom. The van der Waals surface area contributed by atoms with Crippen LogP contribution in [0.15, 0.2) is 52.4 Å². The summed E-state index contributed by atoms with van der Waals surface area (Å²) >= 11 is 0. The van der Waals surface area contributed by atoms with Crippen molar-refractivity contribution in [2.45, 2.75) is 0 Å². The van der Waals surface area contributed by atoms with Crippen LogP contribution in [0.1, 0.15) is 5.56 Å². The Hall–Kier alpha value is -2.36. The minimum Gasteiger partial charge on any atom is -0.503 e. The molecule has 0 atom stereocenters. The van der Waals surface area contributed by atoms with E-state index in [0.717, 1.165) is 5.69 Å². The lowest BCUT2D eigenvalue weighted by atomic mass is 10.2. The van der Waals surface area contributed by atoms with Crippen LogP contribution < -0.4 is 5.56 Å². The number of nitrogens with one attached hydrogen (secondary N) is 1. The van der Waals surface area contributed by atoms with Crippen LogP contribution in [0.4, 0.5) is 5.69 Å². The second-order valence-electron chi connectivity index (χ2n) is 3.20. The molecule has 0 saturated heterocycles. The molecule has 2 rings (SSSR count). The van der Waals surface area contributed by atoms with Crippen LogP contribution in [0.25, 0.3) is 0 Å². The summed E-state index contributed by atoms with van der Waals surface area (Å²) in [5.74, 6) is -0.317. The average molecular weight is 214 g/mol. The van der Waals surface area contributed by atoms with Crippen LogP contribution in [0, 0.1) is 0 Å². The number of aromatic nitrogens is 1. The van der Waals surface area contributed by atoms with E-state index < -0.39 is 5.56 Å². The number of benzene rings is 1. The molecule has 80 valence electrons. The molecular formula is C12H10N2O2. The van der Waals surface area contributed by atoms with Gasteiger partial charge in [-0.2, -0.15) is 0 Å². The summed E-state index contributed by atoms with van der Waals surface area (Å²) in [7, 11) is 0. The molecule has 0 aliphatic carbocycles. The minimum atomic E-state index is -0.517. The first-order chi connectivity index (χ1) is 7.77. The van der Waals surface area contributed by atoms with Gasteiger partial charge < -0.3 is 10.1 Å². The summed E-state index contributed by atoms with van der Waals surface area (Å²) in [4.78, 5) is 17.6. The van der Waals surface area contributed by atoms with Gasteiger partial charge in [-0.15, -0.1) is 0 Å². The molecule has 0 unspecified atom stereocenters. The Bertz CT molecular complexity index is 559. The molecule has 1 heterocycles. The first-order valence-electron chi connectivity index (χ1n) is 4.77. The lowest BCUT2D eigenvalue weighted by Gasteiger charge is -1.96. The van der Waals surface area contributed by atoms with Crippen LogP contribution in [0.3, 0.4) is 0 Å². The molecule has 4 heteroatoms. The average Bonchev–Trinajstić information content (AvgIpc) is 2.32. The van der Waals surface area contributed by atoms with Gasteiger partial charge in [0.1, 0.15) is 0 Å². The number of nitrogens with zero attached hydrogens (tertiary/aromatic N) is 1. The Morgan fingerprint density at radius 1 is 1.19 bits per heavy atom. The highest BCUT2D eigenvalue weighted by Gasteiger charge is 2.00. The predicted octanol–water partition coefficient (Wildman–Crippen LogP) is 1.83. The Balaban J connectivity index is 2.31. The van der Waals surface area contributed by atoms with E-state index in [1.54, 1.807) is 6.07 Å². The molecule has 0 aliphatic rings. The molecule has 0 saturated carbocycles. The predicted molar refractivity (Wildman–Crippen MR) is 62.4 cm³/mol. The van der Waals surface area contributed by atoms with Crippen molar-refractivity contribution in [1.29, 1.82) is 0 Å². The Morgan fingerprint density at radius 2 is 1.94 bits per heavy atom. The van der Waals surface area contributed by atoms with Crippen molar-refractivity contribution in [3.05, 3.63) is 58.5 Å². The fourth-order valence-electron chi connectivity index (χ4n) is 1.25. The van der Waals surface area contributed by atoms with Gasteiger partial charge in [-0.05, 0) is 18.2 Å². The van der Waals surface area contributed by atoms with Crippen molar-refractivity contribution in [1.82, 2.24) is 4.98 Å². The van der Waals surface area contributed by atoms with Gasteiger partial charge in [-0.25, -0.2) is 0 Å². The number of hydrogen-bond acceptors (Lipinski definition) is 3. The molecular weight excluding hydrogens is 204 g/mol. The lowest BCUT2D eigenvalue weighted by molar-refractivity contribution is 0.466. The maximum Gasteiger partial charge on any atom is 0.290 e. The zero-order chi connectivity index (χ0) is 11.4. The number of aliphatic imine (C=N–C) groups is 1. The van der Waals surface area contributed by atoms with Gasteiger partial charge in [0.05, 0.1) is 5.69 Å². The second-order valence-corrected chi connectivity index (χ2v) is 3.20. The molecule has 0 bridgehead atoms. The fraction of sp³-hybridized carbons (Fsp3) is 0. The minimum absolute atomic E-state index is 0.317. The van der Waals surface area contributed by atoms with Gasteiger partial charge in [0, 0.05) is 18.0 Å². The van der Waals surface area contributed by atoms with Gasteiger partial charge in [-0.1, -0.05) is 18.2 Å². The second kappa shape index (κ2) is 4.44. The molecule has 1 aromatic carbocycles. The summed E-state index contributed by atoms with van der Waals surface area (Å²) < 4.78 is 0. The summed E-state index contributed by atoms with van der Waals surface area (Å²) in [5.41, 5.74) is 0.645. The maximum absolute atomic E-state index is 11.1. The summed E-state index contributed by atoms with van der Waals surface area (Å²) in [6.07, 6.45) is 2.92. The number of hydrogen-bond donors (Lipinski definition) is 2. The number of rotatable bonds is 2. The number of aromatic amines is 1. The molecule has 0 fully saturated rings. The van der Waals surface area contributed by atoms with E-state index in [2.05, 4.69) is 9.98 Å². The number of H-pyrrole nitrogens is 1. The van der Waals surface area contributed by atoms with Gasteiger partial charge in [0.25, 0.3) is 5.56 Å². The Labute approximate surface area is 91.9 Å². The highest BCUT2D eigenvalue weighted by Crippen LogP contribution is 2.12. The third-order valence-corrected chi connectivity index (χ3v) is 2.07. The van der Waals surface area contributed by atoms with Crippen molar-refractivity contribution < 1.29 is 5.11 Å². The van der Waals surface area contributed by atoms with E-state index in [0.29, 0.717) is 5.56 Å². The largest absolute Gasteiger partial charge is 0.503 e. The first-order valence-corrected chi connectivity index (χ1v) is 4.77. The molecule has 0 aliphatic heterocycles. The van der Waals surface area contributed by atoms with Crippen molar-refractivity contribution in [3.63, 3.8) is 0 Å². The van der Waals surface area contributed by atoms with Gasteiger partial charge in [0.15, 0.2) is 5.75 Å². The normalized spacial score (nSPS) is 10.8. The standard InChI is InChI=1S/C12H10N2O2/c15-11-9(6-7-13-12(11)16)8-14-10-4-2-1-3-5-10/h1-8,15H,(H,13,16). The number of pyridine rings is 1. The van der Waals surface area contributed by atoms with Crippen LogP contribution in [-0.2, 0) is 0 Å². The van der Waals surface area contributed by atoms with Crippen molar-refractivity contribution in [2.75, 3.05) is 0 Å². The molecule has 4 nitrogen and oxygen atoms in total. The summed E-state index contributed by atoms with van der Waals surface area (Å²) in [6.45, 7) is 0. The third-order valence-electron chi connectivity index (χ3n) is 2.07. The fourth-order valence-corrected chi connectivity index (χ4v) is 1.25. The smallest absolute Gasteiger partial charge is 0.290 e. The molecule has 0 radical (unpaired) electrons. The Kier molecular flexibility index (Phi) is 2.82. The highest BCUT2D eigenvalue weighted by molar-refractivity contribution is 5.84. The highest BCUT2D eigenvalue weighted by atomic mass is 16.3. The first kappa shape index (κ1) is 10.2. The zero-order valence-corrected chi connectivity index (χ0v) is 8.42.